The second-order valence-corrected chi connectivity index (χ2v) is 13.4. The van der Waals surface area contributed by atoms with Crippen LogP contribution < -0.4 is 0 Å². The van der Waals surface area contributed by atoms with Crippen molar-refractivity contribution in [2.45, 2.75) is 30.7 Å². The van der Waals surface area contributed by atoms with Crippen LogP contribution in [0, 0.1) is 5.92 Å². The first-order chi connectivity index (χ1) is 7.81. The lowest BCUT2D eigenvalue weighted by atomic mass is 9.95. The molecule has 8 heteroatoms. The molecular weight excluding hydrogens is 272 g/mol. The molecule has 0 N–H and O–H groups in total. The summed E-state index contributed by atoms with van der Waals surface area (Å²) >= 11 is 0. The lowest BCUT2D eigenvalue weighted by Crippen LogP contribution is -2.42. The minimum absolute atomic E-state index is 0.246. The fourth-order valence-electron chi connectivity index (χ4n) is 3.32. The van der Waals surface area contributed by atoms with Crippen molar-refractivity contribution >= 4 is 39.3 Å². The quantitative estimate of drug-likeness (QED) is 0.448. The van der Waals surface area contributed by atoms with Crippen molar-refractivity contribution in [3.05, 3.63) is 12.2 Å². The van der Waals surface area contributed by atoms with Gasteiger partial charge in [0.25, 0.3) is 30.0 Å². The Kier molecular flexibility index (Phi) is 3.32. The van der Waals surface area contributed by atoms with Gasteiger partial charge in [0, 0.05) is 5.04 Å². The Morgan fingerprint density at radius 3 is 2.56 bits per heavy atom. The molecular formula is C8H18O4Si4. The van der Waals surface area contributed by atoms with Crippen LogP contribution in [0.1, 0.15) is 25.7 Å². The SMILES string of the molecule is C=C1CC2CCC1([SiH]1O[SiH2]O[SiH2]O[SiH2]O1)C2. The third kappa shape index (κ3) is 1.86. The predicted octanol–water partition coefficient (Wildman–Crippen LogP) is -1.22. The van der Waals surface area contributed by atoms with Crippen molar-refractivity contribution in [3.63, 3.8) is 0 Å². The number of fused-ring (bicyclic) bond motifs is 2. The zero-order chi connectivity index (χ0) is 11.0. The lowest BCUT2D eigenvalue weighted by Gasteiger charge is -2.36. The van der Waals surface area contributed by atoms with Gasteiger partial charge in [-0.05, 0) is 31.6 Å². The van der Waals surface area contributed by atoms with Crippen LogP contribution in [0.15, 0.2) is 12.2 Å². The van der Waals surface area contributed by atoms with E-state index in [2.05, 4.69) is 6.58 Å². The van der Waals surface area contributed by atoms with Crippen LogP contribution in [-0.4, -0.2) is 39.3 Å². The molecule has 2 unspecified atom stereocenters. The van der Waals surface area contributed by atoms with Crippen molar-refractivity contribution in [1.82, 2.24) is 0 Å². The van der Waals surface area contributed by atoms with Crippen molar-refractivity contribution in [2.75, 3.05) is 0 Å². The molecule has 0 aromatic heterocycles. The van der Waals surface area contributed by atoms with Crippen molar-refractivity contribution in [3.8, 4) is 0 Å². The highest BCUT2D eigenvalue weighted by molar-refractivity contribution is 6.63. The van der Waals surface area contributed by atoms with Crippen LogP contribution in [0.3, 0.4) is 0 Å². The van der Waals surface area contributed by atoms with E-state index < -0.39 is 39.3 Å². The van der Waals surface area contributed by atoms with Gasteiger partial charge in [0.1, 0.15) is 0 Å². The van der Waals surface area contributed by atoms with E-state index in [-0.39, 0.29) is 5.04 Å². The van der Waals surface area contributed by atoms with E-state index in [1.165, 1.54) is 31.3 Å². The number of hydrogen-bond donors (Lipinski definition) is 0. The smallest absolute Gasteiger partial charge is 0.313 e. The zero-order valence-corrected chi connectivity index (χ0v) is 14.8. The van der Waals surface area contributed by atoms with Crippen LogP contribution in [-0.2, 0) is 16.5 Å². The van der Waals surface area contributed by atoms with Crippen molar-refractivity contribution in [1.29, 1.82) is 0 Å². The number of hydrogen-bond acceptors (Lipinski definition) is 4. The van der Waals surface area contributed by atoms with Gasteiger partial charge in [-0.2, -0.15) is 0 Å². The monoisotopic (exact) mass is 290 g/mol. The average molecular weight is 291 g/mol. The van der Waals surface area contributed by atoms with Gasteiger partial charge in [-0.25, -0.2) is 0 Å². The Bertz CT molecular complexity index is 294. The molecule has 1 aliphatic heterocycles. The molecule has 0 radical (unpaired) electrons. The van der Waals surface area contributed by atoms with Gasteiger partial charge in [0.05, 0.1) is 0 Å². The topological polar surface area (TPSA) is 36.9 Å². The Labute approximate surface area is 105 Å². The van der Waals surface area contributed by atoms with E-state index in [9.17, 15) is 0 Å². The maximum atomic E-state index is 6.02. The normalized spacial score (nSPS) is 48.9. The summed E-state index contributed by atoms with van der Waals surface area (Å²) in [7, 11) is -4.01. The maximum Gasteiger partial charge on any atom is 0.313 e. The van der Waals surface area contributed by atoms with E-state index in [0.717, 1.165) is 5.92 Å². The molecule has 3 fully saturated rings. The third-order valence-corrected chi connectivity index (χ3v) is 12.1. The van der Waals surface area contributed by atoms with Crippen LogP contribution in [0.25, 0.3) is 0 Å². The first kappa shape index (κ1) is 11.5. The highest BCUT2D eigenvalue weighted by Gasteiger charge is 2.55. The molecule has 4 nitrogen and oxygen atoms in total. The summed E-state index contributed by atoms with van der Waals surface area (Å²) in [6.07, 6.45) is 5.06. The molecule has 0 amide bonds. The van der Waals surface area contributed by atoms with Crippen LogP contribution in [0.2, 0.25) is 5.04 Å². The van der Waals surface area contributed by atoms with Gasteiger partial charge < -0.3 is 16.5 Å². The molecule has 3 aliphatic rings. The molecule has 3 rings (SSSR count). The highest BCUT2D eigenvalue weighted by atomic mass is 28.4. The summed E-state index contributed by atoms with van der Waals surface area (Å²) in [5, 5.41) is 0.246. The van der Waals surface area contributed by atoms with Crippen molar-refractivity contribution < 1.29 is 16.5 Å². The van der Waals surface area contributed by atoms with Crippen LogP contribution >= 0.6 is 0 Å². The molecule has 16 heavy (non-hydrogen) atoms. The van der Waals surface area contributed by atoms with Gasteiger partial charge in [-0.1, -0.05) is 12.2 Å². The highest BCUT2D eigenvalue weighted by Crippen LogP contribution is 2.63. The van der Waals surface area contributed by atoms with E-state index in [4.69, 9.17) is 16.5 Å². The van der Waals surface area contributed by atoms with Gasteiger partial charge in [-0.3, -0.25) is 0 Å². The summed E-state index contributed by atoms with van der Waals surface area (Å²) < 4.78 is 23.0. The number of rotatable bonds is 1. The Balaban J connectivity index is 1.76. The van der Waals surface area contributed by atoms with Crippen molar-refractivity contribution in [2.24, 2.45) is 5.92 Å². The summed E-state index contributed by atoms with van der Waals surface area (Å²) in [6, 6.07) is 0. The van der Waals surface area contributed by atoms with E-state index in [1.54, 1.807) is 0 Å². The molecule has 0 aromatic rings. The van der Waals surface area contributed by atoms with Crippen LogP contribution in [0.5, 0.6) is 0 Å². The fourth-order valence-corrected chi connectivity index (χ4v) is 14.1. The second-order valence-electron chi connectivity index (χ2n) is 5.00. The minimum atomic E-state index is -1.61. The predicted molar refractivity (Wildman–Crippen MR) is 70.9 cm³/mol. The fraction of sp³-hybridized carbons (Fsp3) is 0.750. The van der Waals surface area contributed by atoms with E-state index in [1.807, 2.05) is 0 Å². The number of allylic oxidation sites excluding steroid dienone is 1. The summed E-state index contributed by atoms with van der Waals surface area (Å²) in [5.41, 5.74) is 1.40. The van der Waals surface area contributed by atoms with Crippen LogP contribution in [0.4, 0.5) is 0 Å². The first-order valence-corrected chi connectivity index (χ1v) is 10.9. The Hall–Kier alpha value is 0.448. The lowest BCUT2D eigenvalue weighted by molar-refractivity contribution is 0.305. The largest absolute Gasteiger partial charge is 0.425 e. The minimum Gasteiger partial charge on any atom is -0.425 e. The maximum absolute atomic E-state index is 6.02. The van der Waals surface area contributed by atoms with E-state index in [0.29, 0.717) is 0 Å². The summed E-state index contributed by atoms with van der Waals surface area (Å²) in [6.45, 7) is 4.27. The third-order valence-electron chi connectivity index (χ3n) is 4.11. The molecule has 0 spiro atoms. The molecule has 2 atom stereocenters. The standard InChI is InChI=1S/C8H18O4Si4/c1-6-4-7-2-3-8(6,5-7)16-11-14-9-13-10-15-12-16/h7,16H,1-5,13-15H2. The summed E-state index contributed by atoms with van der Waals surface area (Å²) in [5.74, 6) is 0.859. The Morgan fingerprint density at radius 2 is 2.00 bits per heavy atom. The average Bonchev–Trinajstić information content (AvgIpc) is 2.74. The second kappa shape index (κ2) is 4.61. The molecule has 1 heterocycles. The first-order valence-electron chi connectivity index (χ1n) is 5.88. The molecule has 90 valence electrons. The molecule has 2 bridgehead atoms. The van der Waals surface area contributed by atoms with Gasteiger partial charge >= 0.3 is 9.28 Å². The molecule has 2 saturated carbocycles. The van der Waals surface area contributed by atoms with Gasteiger partial charge in [-0.15, -0.1) is 0 Å². The molecule has 2 aliphatic carbocycles. The molecule has 0 aromatic carbocycles. The van der Waals surface area contributed by atoms with Gasteiger partial charge in [0.2, 0.25) is 0 Å². The zero-order valence-electron chi connectivity index (χ0n) is 9.44. The Morgan fingerprint density at radius 1 is 1.25 bits per heavy atom. The van der Waals surface area contributed by atoms with Gasteiger partial charge in [0.15, 0.2) is 0 Å². The molecule has 1 saturated heterocycles. The van der Waals surface area contributed by atoms with E-state index >= 15 is 0 Å². The summed E-state index contributed by atoms with van der Waals surface area (Å²) in [4.78, 5) is 0.